The van der Waals surface area contributed by atoms with Crippen LogP contribution in [0.25, 0.3) is 0 Å². The average molecular weight is 961 g/mol. The van der Waals surface area contributed by atoms with Crippen LogP contribution < -0.4 is 5.32 Å². The van der Waals surface area contributed by atoms with Crippen molar-refractivity contribution in [2.24, 2.45) is 0 Å². The van der Waals surface area contributed by atoms with Gasteiger partial charge in [0.2, 0.25) is 5.91 Å². The molecule has 68 heavy (non-hydrogen) atoms. The van der Waals surface area contributed by atoms with Gasteiger partial charge in [0, 0.05) is 12.8 Å². The first-order chi connectivity index (χ1) is 33.5. The highest BCUT2D eigenvalue weighted by molar-refractivity contribution is 5.76. The van der Waals surface area contributed by atoms with Crippen molar-refractivity contribution >= 4 is 11.9 Å². The standard InChI is InChI=1S/C62H121NO5/c1-3-5-7-9-11-13-15-17-28-31-34-38-42-46-50-54-60(65)59(58-64)63-61(66)55-51-47-43-39-35-32-29-26-24-22-20-18-19-21-23-25-27-30-33-37-41-45-49-53-57-68-62(67)56-52-48-44-40-36-16-14-12-10-8-6-4-2/h12,14,59-60,64-65H,3-11,13,15-58H2,1-2H3,(H,63,66)/b14-12-. The summed E-state index contributed by atoms with van der Waals surface area (Å²) in [5.41, 5.74) is 0. The SMILES string of the molecule is CCCCC/C=C\CCCCCCCC(=O)OCCCCCCCCCCCCCCCCCCCCCCCCCCC(=O)NC(CO)C(O)CCCCCCCCCCCCCCCCC. The van der Waals surface area contributed by atoms with Crippen molar-refractivity contribution in [3.05, 3.63) is 12.2 Å². The van der Waals surface area contributed by atoms with Gasteiger partial charge >= 0.3 is 5.97 Å². The van der Waals surface area contributed by atoms with Gasteiger partial charge in [-0.3, -0.25) is 9.59 Å². The Morgan fingerprint density at radius 3 is 1.07 bits per heavy atom. The summed E-state index contributed by atoms with van der Waals surface area (Å²) < 4.78 is 5.47. The van der Waals surface area contributed by atoms with Gasteiger partial charge < -0.3 is 20.3 Å². The second-order valence-electron chi connectivity index (χ2n) is 21.4. The summed E-state index contributed by atoms with van der Waals surface area (Å²) in [4.78, 5) is 24.5. The number of nitrogens with one attached hydrogen (secondary N) is 1. The van der Waals surface area contributed by atoms with E-state index in [4.69, 9.17) is 4.74 Å². The monoisotopic (exact) mass is 960 g/mol. The lowest BCUT2D eigenvalue weighted by Crippen LogP contribution is -2.45. The number of carbonyl (C=O) groups is 2. The molecule has 0 aromatic heterocycles. The van der Waals surface area contributed by atoms with Crippen molar-refractivity contribution in [3.63, 3.8) is 0 Å². The van der Waals surface area contributed by atoms with E-state index in [1.807, 2.05) is 0 Å². The number of rotatable bonds is 58. The zero-order valence-corrected chi connectivity index (χ0v) is 46.1. The quantitative estimate of drug-likeness (QED) is 0.0321. The Balaban J connectivity index is 3.36. The molecule has 0 aromatic carbocycles. The van der Waals surface area contributed by atoms with E-state index in [2.05, 4.69) is 31.3 Å². The van der Waals surface area contributed by atoms with Gasteiger partial charge in [-0.2, -0.15) is 0 Å². The van der Waals surface area contributed by atoms with Gasteiger partial charge in [0.05, 0.1) is 25.4 Å². The Hall–Kier alpha value is -1.40. The van der Waals surface area contributed by atoms with Crippen molar-refractivity contribution in [3.8, 4) is 0 Å². The highest BCUT2D eigenvalue weighted by Crippen LogP contribution is 2.18. The number of ether oxygens (including phenoxy) is 1. The van der Waals surface area contributed by atoms with Crippen LogP contribution in [0.5, 0.6) is 0 Å². The van der Waals surface area contributed by atoms with Crippen LogP contribution in [0.3, 0.4) is 0 Å². The molecule has 1 amide bonds. The lowest BCUT2D eigenvalue weighted by molar-refractivity contribution is -0.143. The number of esters is 1. The molecule has 0 aromatic rings. The van der Waals surface area contributed by atoms with Crippen LogP contribution in [0, 0.1) is 0 Å². The molecule has 0 aliphatic heterocycles. The van der Waals surface area contributed by atoms with E-state index >= 15 is 0 Å². The molecule has 0 aliphatic carbocycles. The van der Waals surface area contributed by atoms with E-state index in [9.17, 15) is 19.8 Å². The number of aliphatic hydroxyl groups excluding tert-OH is 2. The van der Waals surface area contributed by atoms with Crippen molar-refractivity contribution in [1.82, 2.24) is 5.32 Å². The van der Waals surface area contributed by atoms with Crippen LogP contribution in [0.2, 0.25) is 0 Å². The highest BCUT2D eigenvalue weighted by Gasteiger charge is 2.20. The van der Waals surface area contributed by atoms with Crippen molar-refractivity contribution in [2.45, 2.75) is 360 Å². The van der Waals surface area contributed by atoms with Crippen LogP contribution in [-0.2, 0) is 14.3 Å². The average Bonchev–Trinajstić information content (AvgIpc) is 3.34. The maximum atomic E-state index is 12.5. The van der Waals surface area contributed by atoms with Crippen molar-refractivity contribution in [2.75, 3.05) is 13.2 Å². The number of hydrogen-bond donors (Lipinski definition) is 3. The smallest absolute Gasteiger partial charge is 0.305 e. The first-order valence-electron chi connectivity index (χ1n) is 30.9. The van der Waals surface area contributed by atoms with Crippen LogP contribution in [-0.4, -0.2) is 47.4 Å². The Kier molecular flexibility index (Phi) is 57.0. The van der Waals surface area contributed by atoms with Gasteiger partial charge in [-0.1, -0.05) is 296 Å². The first-order valence-corrected chi connectivity index (χ1v) is 30.9. The predicted molar refractivity (Wildman–Crippen MR) is 297 cm³/mol. The molecule has 0 heterocycles. The molecule has 2 atom stereocenters. The summed E-state index contributed by atoms with van der Waals surface area (Å²) in [5, 5.41) is 23.3. The molecule has 2 unspecified atom stereocenters. The van der Waals surface area contributed by atoms with Crippen molar-refractivity contribution in [1.29, 1.82) is 0 Å². The molecule has 0 saturated carbocycles. The summed E-state index contributed by atoms with van der Waals surface area (Å²) in [6.45, 7) is 4.95. The van der Waals surface area contributed by atoms with E-state index in [1.165, 1.54) is 270 Å². The highest BCUT2D eigenvalue weighted by atomic mass is 16.5. The second-order valence-corrected chi connectivity index (χ2v) is 21.4. The third-order valence-electron chi connectivity index (χ3n) is 14.6. The Morgan fingerprint density at radius 2 is 0.691 bits per heavy atom. The number of hydrogen-bond acceptors (Lipinski definition) is 5. The molecule has 0 bridgehead atoms. The predicted octanol–water partition coefficient (Wildman–Crippen LogP) is 19.2. The van der Waals surface area contributed by atoms with Crippen LogP contribution in [0.1, 0.15) is 348 Å². The van der Waals surface area contributed by atoms with Gasteiger partial charge in [0.15, 0.2) is 0 Å². The number of unbranched alkanes of at least 4 members (excludes halogenated alkanes) is 45. The minimum absolute atomic E-state index is 0.00590. The number of carbonyl (C=O) groups excluding carboxylic acids is 2. The van der Waals surface area contributed by atoms with Gasteiger partial charge in [-0.15, -0.1) is 0 Å². The molecule has 0 aliphatic rings. The van der Waals surface area contributed by atoms with Crippen LogP contribution in [0.4, 0.5) is 0 Å². The first kappa shape index (κ1) is 66.6. The van der Waals surface area contributed by atoms with Gasteiger partial charge in [0.25, 0.3) is 0 Å². The molecule has 404 valence electrons. The number of allylic oxidation sites excluding steroid dienone is 2. The molecule has 0 radical (unpaired) electrons. The maximum Gasteiger partial charge on any atom is 0.305 e. The van der Waals surface area contributed by atoms with E-state index in [-0.39, 0.29) is 18.5 Å². The molecule has 0 rings (SSSR count). The zero-order chi connectivity index (χ0) is 49.3. The lowest BCUT2D eigenvalue weighted by atomic mass is 10.0. The molecular weight excluding hydrogens is 839 g/mol. The minimum atomic E-state index is -0.662. The molecular formula is C62H121NO5. The summed E-state index contributed by atoms with van der Waals surface area (Å²) in [7, 11) is 0. The molecule has 0 spiro atoms. The third-order valence-corrected chi connectivity index (χ3v) is 14.6. The summed E-state index contributed by atoms with van der Waals surface area (Å²) in [6, 6.07) is -0.539. The van der Waals surface area contributed by atoms with Crippen molar-refractivity contribution < 1.29 is 24.5 Å². The number of aliphatic hydroxyl groups is 2. The van der Waals surface area contributed by atoms with Gasteiger partial charge in [0.1, 0.15) is 0 Å². The topological polar surface area (TPSA) is 95.9 Å². The third kappa shape index (κ3) is 53.9. The van der Waals surface area contributed by atoms with Gasteiger partial charge in [-0.25, -0.2) is 0 Å². The minimum Gasteiger partial charge on any atom is -0.466 e. The van der Waals surface area contributed by atoms with Crippen LogP contribution >= 0.6 is 0 Å². The Morgan fingerprint density at radius 1 is 0.397 bits per heavy atom. The van der Waals surface area contributed by atoms with E-state index in [0.717, 1.165) is 44.9 Å². The second kappa shape index (κ2) is 58.2. The molecule has 0 fully saturated rings. The fraction of sp³-hybridized carbons (Fsp3) is 0.935. The largest absolute Gasteiger partial charge is 0.466 e. The molecule has 3 N–H and O–H groups in total. The van der Waals surface area contributed by atoms with E-state index in [1.54, 1.807) is 0 Å². The Bertz CT molecular complexity index is 1020. The summed E-state index contributed by atoms with van der Waals surface area (Å²) in [6.07, 6.45) is 69.4. The summed E-state index contributed by atoms with van der Waals surface area (Å²) >= 11 is 0. The van der Waals surface area contributed by atoms with Crippen LogP contribution in [0.15, 0.2) is 12.2 Å². The lowest BCUT2D eigenvalue weighted by Gasteiger charge is -2.22. The molecule has 6 heteroatoms. The van der Waals surface area contributed by atoms with E-state index < -0.39 is 12.1 Å². The molecule has 6 nitrogen and oxygen atoms in total. The van der Waals surface area contributed by atoms with E-state index in [0.29, 0.717) is 25.9 Å². The summed E-state index contributed by atoms with van der Waals surface area (Å²) in [5.74, 6) is -0.0255. The normalized spacial score (nSPS) is 12.6. The maximum absolute atomic E-state index is 12.5. The van der Waals surface area contributed by atoms with Gasteiger partial charge in [-0.05, 0) is 51.4 Å². The Labute approximate surface area is 425 Å². The fourth-order valence-corrected chi connectivity index (χ4v) is 9.81. The number of amides is 1. The zero-order valence-electron chi connectivity index (χ0n) is 46.1. The molecule has 0 saturated heterocycles. The fourth-order valence-electron chi connectivity index (χ4n) is 9.81.